The normalized spacial score (nSPS) is 20.3. The van der Waals surface area contributed by atoms with Crippen molar-refractivity contribution in [3.63, 3.8) is 0 Å². The standard InChI is InChI=1S/C23H22F6N4O4.C2H6/c24-22(25,26)15-10-16(30)17-19-32-33-20(37-19)21(23(27,28)29,36-12-13-6-2-1-3-7-13)11-14(34)8-4-5-9-35-18(15)31-17;1-2/h1-3,6-7,10,14,34H,4-5,8-9,11-12,30H2;1-2H3. The predicted molar refractivity (Wildman–Crippen MR) is 127 cm³/mol. The lowest BCUT2D eigenvalue weighted by molar-refractivity contribution is -0.305. The first kappa shape index (κ1) is 30.2. The van der Waals surface area contributed by atoms with Gasteiger partial charge < -0.3 is 24.7 Å². The summed E-state index contributed by atoms with van der Waals surface area (Å²) in [5.41, 5.74) is 0.607. The number of anilines is 1. The first-order valence-corrected chi connectivity index (χ1v) is 12.2. The summed E-state index contributed by atoms with van der Waals surface area (Å²) in [5, 5.41) is 17.6. The highest BCUT2D eigenvalue weighted by Crippen LogP contribution is 2.47. The van der Waals surface area contributed by atoms with Crippen LogP contribution in [-0.4, -0.2) is 39.2 Å². The van der Waals surface area contributed by atoms with Gasteiger partial charge in [0, 0.05) is 6.42 Å². The van der Waals surface area contributed by atoms with E-state index < -0.39 is 71.7 Å². The van der Waals surface area contributed by atoms with E-state index >= 15 is 0 Å². The molecule has 0 saturated carbocycles. The summed E-state index contributed by atoms with van der Waals surface area (Å²) in [5.74, 6) is -2.56. The van der Waals surface area contributed by atoms with E-state index in [0.29, 0.717) is 11.6 Å². The van der Waals surface area contributed by atoms with Crippen molar-refractivity contribution < 1.29 is 45.3 Å². The van der Waals surface area contributed by atoms with E-state index in [-0.39, 0.29) is 25.9 Å². The van der Waals surface area contributed by atoms with Crippen molar-refractivity contribution in [2.75, 3.05) is 12.3 Å². The van der Waals surface area contributed by atoms with Crippen molar-refractivity contribution in [3.05, 3.63) is 53.4 Å². The molecule has 1 aliphatic rings. The zero-order valence-electron chi connectivity index (χ0n) is 21.1. The zero-order chi connectivity index (χ0) is 28.8. The van der Waals surface area contributed by atoms with E-state index in [1.165, 1.54) is 0 Å². The molecule has 4 rings (SSSR count). The Morgan fingerprint density at radius 1 is 1.08 bits per heavy atom. The molecule has 3 aromatic rings. The van der Waals surface area contributed by atoms with Crippen molar-refractivity contribution in [2.45, 2.75) is 70.2 Å². The number of aliphatic hydroxyl groups is 1. The number of rotatable bonds is 3. The second kappa shape index (κ2) is 12.2. The molecule has 14 heteroatoms. The average molecular weight is 563 g/mol. The highest BCUT2D eigenvalue weighted by molar-refractivity contribution is 5.68. The van der Waals surface area contributed by atoms with Gasteiger partial charge in [-0.3, -0.25) is 0 Å². The Labute approximate surface area is 220 Å². The molecular weight excluding hydrogens is 534 g/mol. The molecule has 1 aromatic carbocycles. The van der Waals surface area contributed by atoms with Crippen LogP contribution in [0.15, 0.2) is 40.8 Å². The number of hydrogen-bond acceptors (Lipinski definition) is 8. The van der Waals surface area contributed by atoms with Crippen LogP contribution in [0.1, 0.15) is 56.5 Å². The summed E-state index contributed by atoms with van der Waals surface area (Å²) in [4.78, 5) is 3.76. The van der Waals surface area contributed by atoms with Gasteiger partial charge in [0.2, 0.25) is 11.5 Å². The predicted octanol–water partition coefficient (Wildman–Crippen LogP) is 6.05. The minimum atomic E-state index is -5.13. The smallest absolute Gasteiger partial charge is 0.426 e. The van der Waals surface area contributed by atoms with Gasteiger partial charge in [-0.25, -0.2) is 4.98 Å². The molecule has 0 fully saturated rings. The molecule has 4 bridgehead atoms. The Kier molecular flexibility index (Phi) is 9.43. The number of benzene rings is 1. The number of alkyl halides is 6. The Balaban J connectivity index is 0.00000205. The molecule has 3 heterocycles. The topological polar surface area (TPSA) is 117 Å². The van der Waals surface area contributed by atoms with E-state index in [0.717, 1.165) is 0 Å². The summed E-state index contributed by atoms with van der Waals surface area (Å²) in [6.45, 7) is 3.25. The van der Waals surface area contributed by atoms with Crippen LogP contribution in [0.3, 0.4) is 0 Å². The summed E-state index contributed by atoms with van der Waals surface area (Å²) >= 11 is 0. The summed E-state index contributed by atoms with van der Waals surface area (Å²) in [6.07, 6.45) is -12.3. The first-order valence-electron chi connectivity index (χ1n) is 12.2. The quantitative estimate of drug-likeness (QED) is 0.371. The highest BCUT2D eigenvalue weighted by atomic mass is 19.4. The molecule has 214 valence electrons. The Morgan fingerprint density at radius 2 is 1.77 bits per heavy atom. The van der Waals surface area contributed by atoms with Crippen LogP contribution < -0.4 is 10.5 Å². The van der Waals surface area contributed by atoms with Crippen LogP contribution >= 0.6 is 0 Å². The van der Waals surface area contributed by atoms with Gasteiger partial charge in [0.25, 0.3) is 11.8 Å². The van der Waals surface area contributed by atoms with Gasteiger partial charge in [0.05, 0.1) is 25.0 Å². The van der Waals surface area contributed by atoms with Gasteiger partial charge in [0.1, 0.15) is 5.56 Å². The van der Waals surface area contributed by atoms with Gasteiger partial charge in [-0.1, -0.05) is 44.2 Å². The lowest BCUT2D eigenvalue weighted by Gasteiger charge is -2.34. The summed E-state index contributed by atoms with van der Waals surface area (Å²) < 4.78 is 100. The maximum Gasteiger partial charge on any atom is 0.426 e. The molecule has 39 heavy (non-hydrogen) atoms. The summed E-state index contributed by atoms with van der Waals surface area (Å²) in [6, 6.07) is 8.56. The number of aromatic nitrogens is 3. The van der Waals surface area contributed by atoms with E-state index in [4.69, 9.17) is 19.6 Å². The molecule has 1 aliphatic heterocycles. The van der Waals surface area contributed by atoms with Gasteiger partial charge in [0.15, 0.2) is 5.69 Å². The Bertz CT molecular complexity index is 1220. The van der Waals surface area contributed by atoms with Crippen molar-refractivity contribution in [1.29, 1.82) is 0 Å². The number of halogens is 6. The SMILES string of the molecule is CC.Nc1cc(C(F)(F)F)c2nc1-c1nnc(o1)C(OCc1ccccc1)(C(F)(F)F)CC(O)CCCCO2. The Morgan fingerprint density at radius 3 is 2.41 bits per heavy atom. The van der Waals surface area contributed by atoms with Crippen molar-refractivity contribution in [1.82, 2.24) is 15.2 Å². The number of fused-ring (bicyclic) bond motifs is 5. The fourth-order valence-electron chi connectivity index (χ4n) is 3.87. The van der Waals surface area contributed by atoms with Crippen LogP contribution in [-0.2, 0) is 23.1 Å². The molecule has 8 nitrogen and oxygen atoms in total. The minimum Gasteiger partial charge on any atom is -0.477 e. The molecule has 0 saturated heterocycles. The lowest BCUT2D eigenvalue weighted by Crippen LogP contribution is -2.47. The number of nitrogens with zero attached hydrogens (tertiary/aromatic N) is 3. The minimum absolute atomic E-state index is 0.122. The largest absolute Gasteiger partial charge is 0.477 e. The van der Waals surface area contributed by atoms with Crippen molar-refractivity contribution >= 4 is 5.69 Å². The molecule has 2 unspecified atom stereocenters. The van der Waals surface area contributed by atoms with Crippen LogP contribution in [0.5, 0.6) is 5.88 Å². The third-order valence-electron chi connectivity index (χ3n) is 5.77. The zero-order valence-corrected chi connectivity index (χ0v) is 21.1. The van der Waals surface area contributed by atoms with E-state index in [1.54, 1.807) is 30.3 Å². The lowest BCUT2D eigenvalue weighted by atomic mass is 9.92. The number of hydrogen-bond donors (Lipinski definition) is 2. The van der Waals surface area contributed by atoms with Gasteiger partial charge >= 0.3 is 12.4 Å². The highest BCUT2D eigenvalue weighted by Gasteiger charge is 2.62. The van der Waals surface area contributed by atoms with E-state index in [2.05, 4.69) is 15.2 Å². The maximum atomic E-state index is 14.6. The number of pyridine rings is 1. The first-order chi connectivity index (χ1) is 18.4. The number of nitrogens with two attached hydrogens (primary N) is 1. The molecular formula is C25H28F6N4O4. The van der Waals surface area contributed by atoms with Gasteiger partial charge in [-0.2, -0.15) is 26.3 Å². The van der Waals surface area contributed by atoms with Crippen molar-refractivity contribution in [2.24, 2.45) is 0 Å². The molecule has 0 amide bonds. The average Bonchev–Trinajstić information content (AvgIpc) is 3.37. The molecule has 3 N–H and O–H groups in total. The van der Waals surface area contributed by atoms with Crippen molar-refractivity contribution in [3.8, 4) is 17.5 Å². The fraction of sp³-hybridized carbons (Fsp3) is 0.480. The molecule has 2 aromatic heterocycles. The summed E-state index contributed by atoms with van der Waals surface area (Å²) in [7, 11) is 0. The number of ether oxygens (including phenoxy) is 2. The molecule has 0 aliphatic carbocycles. The molecule has 2 atom stereocenters. The third kappa shape index (κ3) is 6.79. The second-order valence-corrected chi connectivity index (χ2v) is 8.49. The third-order valence-corrected chi connectivity index (χ3v) is 5.77. The number of nitrogen functional groups attached to an aromatic ring is 1. The van der Waals surface area contributed by atoms with E-state index in [1.807, 2.05) is 13.8 Å². The van der Waals surface area contributed by atoms with Crippen LogP contribution in [0.4, 0.5) is 32.0 Å². The monoisotopic (exact) mass is 562 g/mol. The van der Waals surface area contributed by atoms with Crippen LogP contribution in [0, 0.1) is 0 Å². The van der Waals surface area contributed by atoms with Crippen LogP contribution in [0.2, 0.25) is 0 Å². The maximum absolute atomic E-state index is 14.6. The van der Waals surface area contributed by atoms with Gasteiger partial charge in [-0.05, 0) is 30.9 Å². The van der Waals surface area contributed by atoms with E-state index in [9.17, 15) is 31.4 Å². The molecule has 0 spiro atoms. The molecule has 0 radical (unpaired) electrons. The Hall–Kier alpha value is -3.39. The fourth-order valence-corrected chi connectivity index (χ4v) is 3.87. The second-order valence-electron chi connectivity index (χ2n) is 8.49. The van der Waals surface area contributed by atoms with Gasteiger partial charge in [-0.15, -0.1) is 10.2 Å². The number of aliphatic hydroxyl groups excluding tert-OH is 1. The van der Waals surface area contributed by atoms with Crippen LogP contribution in [0.25, 0.3) is 11.6 Å².